The molecule has 0 spiro atoms. The van der Waals surface area contributed by atoms with Crippen LogP contribution in [0.15, 0.2) is 42.5 Å². The Balaban J connectivity index is 1.61. The summed E-state index contributed by atoms with van der Waals surface area (Å²) >= 11 is 0. The largest absolute Gasteiger partial charge is 0.493 e. The number of aryl methyl sites for hydroxylation is 1. The third-order valence-corrected chi connectivity index (χ3v) is 4.50. The molecule has 27 heavy (non-hydrogen) atoms. The molecular formula is C20H23N3O4. The number of hydrogen-bond donors (Lipinski definition) is 2. The SMILES string of the molecule is COc1ccc(NC(=O)NC2CCN(c3ccc(C)cc3)C2=O)cc1OC. The predicted molar refractivity (Wildman–Crippen MR) is 104 cm³/mol. The zero-order chi connectivity index (χ0) is 19.4. The molecule has 7 nitrogen and oxygen atoms in total. The Labute approximate surface area is 158 Å². The van der Waals surface area contributed by atoms with Crippen LogP contribution in [0.4, 0.5) is 16.2 Å². The molecule has 0 aromatic heterocycles. The summed E-state index contributed by atoms with van der Waals surface area (Å²) in [5.41, 5.74) is 2.52. The van der Waals surface area contributed by atoms with Gasteiger partial charge in [0.2, 0.25) is 5.91 Å². The van der Waals surface area contributed by atoms with Crippen LogP contribution in [0.2, 0.25) is 0 Å². The highest BCUT2D eigenvalue weighted by Gasteiger charge is 2.33. The van der Waals surface area contributed by atoms with Gasteiger partial charge in [-0.15, -0.1) is 0 Å². The minimum Gasteiger partial charge on any atom is -0.493 e. The number of urea groups is 1. The zero-order valence-electron chi connectivity index (χ0n) is 15.6. The van der Waals surface area contributed by atoms with E-state index in [0.717, 1.165) is 11.3 Å². The fraction of sp³-hybridized carbons (Fsp3) is 0.300. The number of nitrogens with one attached hydrogen (secondary N) is 2. The van der Waals surface area contributed by atoms with E-state index < -0.39 is 12.1 Å². The molecule has 2 N–H and O–H groups in total. The van der Waals surface area contributed by atoms with E-state index in [1.807, 2.05) is 31.2 Å². The quantitative estimate of drug-likeness (QED) is 0.849. The Kier molecular flexibility index (Phi) is 5.49. The predicted octanol–water partition coefficient (Wildman–Crippen LogP) is 2.94. The topological polar surface area (TPSA) is 79.9 Å². The average molecular weight is 369 g/mol. The van der Waals surface area contributed by atoms with Crippen LogP contribution in [0.3, 0.4) is 0 Å². The van der Waals surface area contributed by atoms with E-state index in [2.05, 4.69) is 10.6 Å². The Morgan fingerprint density at radius 3 is 2.44 bits per heavy atom. The third kappa shape index (κ3) is 4.13. The maximum absolute atomic E-state index is 12.6. The normalized spacial score (nSPS) is 16.2. The molecule has 7 heteroatoms. The number of benzene rings is 2. The monoisotopic (exact) mass is 369 g/mol. The van der Waals surface area contributed by atoms with Crippen LogP contribution in [0.5, 0.6) is 11.5 Å². The van der Waals surface area contributed by atoms with Crippen LogP contribution in [-0.4, -0.2) is 38.7 Å². The molecule has 3 amide bonds. The second kappa shape index (κ2) is 7.99. The fourth-order valence-corrected chi connectivity index (χ4v) is 3.03. The first-order chi connectivity index (χ1) is 13.0. The summed E-state index contributed by atoms with van der Waals surface area (Å²) in [7, 11) is 3.07. The molecule has 3 rings (SSSR count). The van der Waals surface area contributed by atoms with Gasteiger partial charge in [-0.1, -0.05) is 17.7 Å². The molecule has 1 saturated heterocycles. The van der Waals surface area contributed by atoms with Crippen molar-refractivity contribution in [3.05, 3.63) is 48.0 Å². The van der Waals surface area contributed by atoms with Gasteiger partial charge in [-0.05, 0) is 37.6 Å². The average Bonchev–Trinajstić information content (AvgIpc) is 3.02. The smallest absolute Gasteiger partial charge is 0.319 e. The Hall–Kier alpha value is -3.22. The molecule has 2 aromatic rings. The van der Waals surface area contributed by atoms with Crippen molar-refractivity contribution in [2.45, 2.75) is 19.4 Å². The van der Waals surface area contributed by atoms with Crippen LogP contribution in [-0.2, 0) is 4.79 Å². The second-order valence-corrected chi connectivity index (χ2v) is 6.33. The zero-order valence-corrected chi connectivity index (χ0v) is 15.6. The van der Waals surface area contributed by atoms with Gasteiger partial charge < -0.3 is 25.0 Å². The van der Waals surface area contributed by atoms with Crippen molar-refractivity contribution in [2.75, 3.05) is 31.0 Å². The van der Waals surface area contributed by atoms with Gasteiger partial charge in [0.05, 0.1) is 14.2 Å². The van der Waals surface area contributed by atoms with Crippen LogP contribution in [0, 0.1) is 6.92 Å². The van der Waals surface area contributed by atoms with Gasteiger partial charge >= 0.3 is 6.03 Å². The van der Waals surface area contributed by atoms with Gasteiger partial charge in [0.1, 0.15) is 6.04 Å². The fourth-order valence-electron chi connectivity index (χ4n) is 3.03. The number of anilines is 2. The Morgan fingerprint density at radius 1 is 1.07 bits per heavy atom. The Bertz CT molecular complexity index is 836. The standard InChI is InChI=1S/C20H23N3O4/c1-13-4-7-15(8-5-13)23-11-10-16(19(23)24)22-20(25)21-14-6-9-17(26-2)18(12-14)27-3/h4-9,12,16H,10-11H2,1-3H3,(H2,21,22,25). The summed E-state index contributed by atoms with van der Waals surface area (Å²) in [5.74, 6) is 0.974. The molecule has 0 saturated carbocycles. The first-order valence-electron chi connectivity index (χ1n) is 8.69. The molecule has 1 unspecified atom stereocenters. The van der Waals surface area contributed by atoms with E-state index in [4.69, 9.17) is 9.47 Å². The first kappa shape index (κ1) is 18.6. The number of hydrogen-bond acceptors (Lipinski definition) is 4. The van der Waals surface area contributed by atoms with Gasteiger partial charge in [-0.25, -0.2) is 4.79 Å². The lowest BCUT2D eigenvalue weighted by molar-refractivity contribution is -0.118. The van der Waals surface area contributed by atoms with E-state index in [1.165, 1.54) is 7.11 Å². The van der Waals surface area contributed by atoms with Gasteiger partial charge in [-0.3, -0.25) is 4.79 Å². The minimum atomic E-state index is -0.550. The first-order valence-corrected chi connectivity index (χ1v) is 8.69. The molecule has 1 aliphatic heterocycles. The molecule has 1 heterocycles. The summed E-state index contributed by atoms with van der Waals surface area (Å²) in [6, 6.07) is 11.8. The number of methoxy groups -OCH3 is 2. The van der Waals surface area contributed by atoms with Crippen LogP contribution in [0.1, 0.15) is 12.0 Å². The van der Waals surface area contributed by atoms with Crippen molar-refractivity contribution in [3.8, 4) is 11.5 Å². The van der Waals surface area contributed by atoms with E-state index in [0.29, 0.717) is 30.2 Å². The molecule has 2 aromatic carbocycles. The molecule has 1 atom stereocenters. The van der Waals surface area contributed by atoms with Gasteiger partial charge in [-0.2, -0.15) is 0 Å². The molecule has 1 fully saturated rings. The van der Waals surface area contributed by atoms with Crippen molar-refractivity contribution in [1.82, 2.24) is 5.32 Å². The lowest BCUT2D eigenvalue weighted by Crippen LogP contribution is -2.43. The number of amides is 3. The maximum Gasteiger partial charge on any atom is 0.319 e. The van der Waals surface area contributed by atoms with E-state index in [-0.39, 0.29) is 5.91 Å². The highest BCUT2D eigenvalue weighted by molar-refractivity contribution is 6.02. The van der Waals surface area contributed by atoms with Crippen LogP contribution in [0.25, 0.3) is 0 Å². The Morgan fingerprint density at radius 2 is 1.78 bits per heavy atom. The number of carbonyl (C=O) groups excluding carboxylic acids is 2. The van der Waals surface area contributed by atoms with Crippen molar-refractivity contribution in [3.63, 3.8) is 0 Å². The van der Waals surface area contributed by atoms with E-state index in [9.17, 15) is 9.59 Å². The van der Waals surface area contributed by atoms with Gasteiger partial charge in [0.25, 0.3) is 0 Å². The molecule has 142 valence electrons. The maximum atomic E-state index is 12.6. The summed E-state index contributed by atoms with van der Waals surface area (Å²) in [6.07, 6.45) is 0.562. The van der Waals surface area contributed by atoms with Crippen molar-refractivity contribution in [1.29, 1.82) is 0 Å². The van der Waals surface area contributed by atoms with E-state index in [1.54, 1.807) is 30.2 Å². The van der Waals surface area contributed by atoms with Gasteiger partial charge in [0.15, 0.2) is 11.5 Å². The number of rotatable bonds is 5. The molecule has 1 aliphatic rings. The second-order valence-electron chi connectivity index (χ2n) is 6.33. The summed E-state index contributed by atoms with van der Waals surface area (Å²) in [6.45, 7) is 2.57. The highest BCUT2D eigenvalue weighted by Crippen LogP contribution is 2.29. The lowest BCUT2D eigenvalue weighted by atomic mass is 10.2. The summed E-state index contributed by atoms with van der Waals surface area (Å²) in [5, 5.41) is 5.46. The van der Waals surface area contributed by atoms with Crippen molar-refractivity contribution < 1.29 is 19.1 Å². The van der Waals surface area contributed by atoms with Crippen LogP contribution >= 0.6 is 0 Å². The molecule has 0 aliphatic carbocycles. The van der Waals surface area contributed by atoms with E-state index >= 15 is 0 Å². The highest BCUT2D eigenvalue weighted by atomic mass is 16.5. The lowest BCUT2D eigenvalue weighted by Gasteiger charge is -2.18. The third-order valence-electron chi connectivity index (χ3n) is 4.50. The number of nitrogens with zero attached hydrogens (tertiary/aromatic N) is 1. The van der Waals surface area contributed by atoms with Crippen LogP contribution < -0.4 is 25.0 Å². The molecular weight excluding hydrogens is 346 g/mol. The van der Waals surface area contributed by atoms with Gasteiger partial charge in [0, 0.05) is 24.0 Å². The number of carbonyl (C=O) groups is 2. The minimum absolute atomic E-state index is 0.110. The number of ether oxygens (including phenoxy) is 2. The van der Waals surface area contributed by atoms with Crippen molar-refractivity contribution >= 4 is 23.3 Å². The molecule has 0 radical (unpaired) electrons. The summed E-state index contributed by atoms with van der Waals surface area (Å²) < 4.78 is 10.4. The molecule has 0 bridgehead atoms. The summed E-state index contributed by atoms with van der Waals surface area (Å²) in [4.78, 5) is 26.6. The van der Waals surface area contributed by atoms with Crippen molar-refractivity contribution in [2.24, 2.45) is 0 Å².